The largest absolute Gasteiger partial charge is 0.452 e. The monoisotopic (exact) mass is 264 g/mol. The first kappa shape index (κ1) is 13.9. The molecule has 1 saturated heterocycles. The van der Waals surface area contributed by atoms with Crippen LogP contribution in [-0.2, 0) is 19.7 Å². The van der Waals surface area contributed by atoms with E-state index in [1.807, 2.05) is 6.92 Å². The molecule has 1 rings (SSSR count). The number of Topliss-reactive ketones (excluding diaryl/α,β-unsaturated/α-hetero) is 1. The highest BCUT2D eigenvalue weighted by Gasteiger charge is 2.33. The third kappa shape index (κ3) is 3.40. The molecule has 0 aromatic rings. The molecule has 1 heterocycles. The van der Waals surface area contributed by atoms with Crippen molar-refractivity contribution < 1.29 is 22.7 Å². The fourth-order valence-electron chi connectivity index (χ4n) is 1.66. The van der Waals surface area contributed by atoms with Gasteiger partial charge in [0.25, 0.3) is 0 Å². The molecule has 7 nitrogen and oxygen atoms in total. The van der Waals surface area contributed by atoms with E-state index in [1.165, 1.54) is 0 Å². The molecule has 1 amide bonds. The van der Waals surface area contributed by atoms with E-state index in [2.05, 4.69) is 4.74 Å². The molecule has 0 saturated carbocycles. The summed E-state index contributed by atoms with van der Waals surface area (Å²) in [7, 11) is -2.82. The van der Waals surface area contributed by atoms with Crippen molar-refractivity contribution in [3.63, 3.8) is 0 Å². The van der Waals surface area contributed by atoms with E-state index in [4.69, 9.17) is 0 Å². The fraction of sp³-hybridized carbons (Fsp3) is 0.778. The average molecular weight is 264 g/mol. The molecule has 98 valence electrons. The number of amides is 1. The lowest BCUT2D eigenvalue weighted by atomic mass is 9.96. The number of hydrogen-bond donors (Lipinski definition) is 1. The second-order valence-electron chi connectivity index (χ2n) is 3.78. The van der Waals surface area contributed by atoms with Gasteiger partial charge in [-0.1, -0.05) is 6.92 Å². The summed E-state index contributed by atoms with van der Waals surface area (Å²) in [6.45, 7) is 2.04. The van der Waals surface area contributed by atoms with Gasteiger partial charge < -0.3 is 4.74 Å². The third-order valence-corrected chi connectivity index (χ3v) is 4.15. The smallest absolute Gasteiger partial charge is 0.421 e. The zero-order chi connectivity index (χ0) is 13.1. The minimum Gasteiger partial charge on any atom is -0.452 e. The maximum Gasteiger partial charge on any atom is 0.421 e. The van der Waals surface area contributed by atoms with Crippen LogP contribution in [0, 0.1) is 5.92 Å². The van der Waals surface area contributed by atoms with Gasteiger partial charge in [0.05, 0.1) is 7.11 Å². The minimum atomic E-state index is -3.90. The average Bonchev–Trinajstić information content (AvgIpc) is 2.28. The van der Waals surface area contributed by atoms with E-state index in [0.717, 1.165) is 11.4 Å². The molecule has 0 radical (unpaired) electrons. The lowest BCUT2D eigenvalue weighted by Gasteiger charge is -2.29. The maximum absolute atomic E-state index is 11.7. The second-order valence-corrected chi connectivity index (χ2v) is 5.45. The number of rotatable bonds is 3. The normalized spacial score (nSPS) is 22.2. The number of carbonyl (C=O) groups excluding carboxylic acids is 2. The van der Waals surface area contributed by atoms with Crippen molar-refractivity contribution in [2.75, 3.05) is 20.2 Å². The van der Waals surface area contributed by atoms with Gasteiger partial charge in [-0.05, 0) is 6.42 Å². The summed E-state index contributed by atoms with van der Waals surface area (Å²) in [5, 5.41) is 0. The molecule has 17 heavy (non-hydrogen) atoms. The zero-order valence-corrected chi connectivity index (χ0v) is 10.6. The molecule has 1 fully saturated rings. The third-order valence-electron chi connectivity index (χ3n) is 2.72. The van der Waals surface area contributed by atoms with E-state index in [9.17, 15) is 18.0 Å². The van der Waals surface area contributed by atoms with E-state index >= 15 is 0 Å². The van der Waals surface area contributed by atoms with Gasteiger partial charge >= 0.3 is 16.3 Å². The molecule has 0 spiro atoms. The first-order chi connectivity index (χ1) is 7.90. The summed E-state index contributed by atoms with van der Waals surface area (Å²) in [6, 6.07) is 0. The predicted octanol–water partition coefficient (Wildman–Crippen LogP) is -0.112. The Labute approximate surface area is 100 Å². The first-order valence-electron chi connectivity index (χ1n) is 5.29. The molecule has 0 bridgehead atoms. The van der Waals surface area contributed by atoms with Gasteiger partial charge in [-0.25, -0.2) is 9.52 Å². The summed E-state index contributed by atoms with van der Waals surface area (Å²) in [5.74, 6) is -0.227. The molecule has 1 atom stereocenters. The Balaban J connectivity index is 2.73. The Bertz CT molecular complexity index is 406. The minimum absolute atomic E-state index is 0.0667. The van der Waals surface area contributed by atoms with Crippen LogP contribution in [-0.4, -0.2) is 44.8 Å². The quantitative estimate of drug-likeness (QED) is 0.767. The van der Waals surface area contributed by atoms with Crippen LogP contribution >= 0.6 is 0 Å². The van der Waals surface area contributed by atoms with Crippen LogP contribution < -0.4 is 4.72 Å². The van der Waals surface area contributed by atoms with Gasteiger partial charge in [0, 0.05) is 25.4 Å². The van der Waals surface area contributed by atoms with Crippen LogP contribution in [0.1, 0.15) is 19.8 Å². The SMILES string of the molecule is CCC1CN(S(=O)(=O)NC(=O)OC)CCC1=O. The molecule has 0 aliphatic carbocycles. The topological polar surface area (TPSA) is 92.8 Å². The molecule has 1 N–H and O–H groups in total. The van der Waals surface area contributed by atoms with Crippen molar-refractivity contribution in [2.24, 2.45) is 5.92 Å². The van der Waals surface area contributed by atoms with Crippen molar-refractivity contribution >= 4 is 22.1 Å². The standard InChI is InChI=1S/C9H16N2O5S/c1-3-7-6-11(5-4-8(7)12)17(14,15)10-9(13)16-2/h7H,3-6H2,1-2H3,(H,10,13). The van der Waals surface area contributed by atoms with Crippen molar-refractivity contribution in [1.29, 1.82) is 0 Å². The van der Waals surface area contributed by atoms with Crippen LogP contribution in [0.25, 0.3) is 0 Å². The Kier molecular flexibility index (Phi) is 4.47. The highest BCUT2D eigenvalue weighted by atomic mass is 32.2. The maximum atomic E-state index is 11.7. The number of carbonyl (C=O) groups is 2. The number of hydrogen-bond acceptors (Lipinski definition) is 5. The Morgan fingerprint density at radius 3 is 2.76 bits per heavy atom. The summed E-state index contributed by atoms with van der Waals surface area (Å²) in [6.07, 6.45) is -0.265. The highest BCUT2D eigenvalue weighted by molar-refractivity contribution is 7.87. The number of methoxy groups -OCH3 is 1. The van der Waals surface area contributed by atoms with Crippen LogP contribution in [0.4, 0.5) is 4.79 Å². The molecule has 0 aromatic carbocycles. The van der Waals surface area contributed by atoms with Gasteiger partial charge in [-0.3, -0.25) is 4.79 Å². The number of ether oxygens (including phenoxy) is 1. The number of nitrogens with one attached hydrogen (secondary N) is 1. The van der Waals surface area contributed by atoms with Gasteiger partial charge in [-0.2, -0.15) is 12.7 Å². The molecule has 1 aliphatic heterocycles. The van der Waals surface area contributed by atoms with Gasteiger partial charge in [0.1, 0.15) is 5.78 Å². The Morgan fingerprint density at radius 2 is 2.24 bits per heavy atom. The van der Waals surface area contributed by atoms with E-state index in [-0.39, 0.29) is 31.2 Å². The summed E-state index contributed by atoms with van der Waals surface area (Å²) in [4.78, 5) is 22.3. The molecular formula is C9H16N2O5S. The van der Waals surface area contributed by atoms with Crippen LogP contribution in [0.15, 0.2) is 0 Å². The second kappa shape index (κ2) is 5.46. The number of ketones is 1. The Hall–Kier alpha value is -1.15. The van der Waals surface area contributed by atoms with Crippen molar-refractivity contribution in [3.05, 3.63) is 0 Å². The highest BCUT2D eigenvalue weighted by Crippen LogP contribution is 2.18. The fourth-order valence-corrected chi connectivity index (χ4v) is 2.80. The summed E-state index contributed by atoms with van der Waals surface area (Å²) in [5.41, 5.74) is 0. The molecular weight excluding hydrogens is 248 g/mol. The van der Waals surface area contributed by atoms with E-state index in [1.54, 1.807) is 4.72 Å². The molecule has 1 unspecified atom stereocenters. The van der Waals surface area contributed by atoms with E-state index in [0.29, 0.717) is 6.42 Å². The number of nitrogens with zero attached hydrogens (tertiary/aromatic N) is 1. The van der Waals surface area contributed by atoms with Gasteiger partial charge in [0.2, 0.25) is 0 Å². The van der Waals surface area contributed by atoms with Crippen LogP contribution in [0.3, 0.4) is 0 Å². The summed E-state index contributed by atoms with van der Waals surface area (Å²) < 4.78 is 30.5. The van der Waals surface area contributed by atoms with Crippen LogP contribution in [0.5, 0.6) is 0 Å². The molecule has 8 heteroatoms. The zero-order valence-electron chi connectivity index (χ0n) is 9.80. The van der Waals surface area contributed by atoms with Gasteiger partial charge in [-0.15, -0.1) is 0 Å². The predicted molar refractivity (Wildman–Crippen MR) is 59.4 cm³/mol. The molecule has 1 aliphatic rings. The number of piperidine rings is 1. The molecule has 0 aromatic heterocycles. The van der Waals surface area contributed by atoms with Gasteiger partial charge in [0.15, 0.2) is 0 Å². The first-order valence-corrected chi connectivity index (χ1v) is 6.73. The van der Waals surface area contributed by atoms with Crippen molar-refractivity contribution in [2.45, 2.75) is 19.8 Å². The van der Waals surface area contributed by atoms with Crippen molar-refractivity contribution in [1.82, 2.24) is 9.03 Å². The van der Waals surface area contributed by atoms with Crippen molar-refractivity contribution in [3.8, 4) is 0 Å². The van der Waals surface area contributed by atoms with E-state index < -0.39 is 16.3 Å². The Morgan fingerprint density at radius 1 is 1.59 bits per heavy atom. The summed E-state index contributed by atoms with van der Waals surface area (Å²) >= 11 is 0. The van der Waals surface area contributed by atoms with Crippen LogP contribution in [0.2, 0.25) is 0 Å². The lowest BCUT2D eigenvalue weighted by molar-refractivity contribution is -0.125. The lowest BCUT2D eigenvalue weighted by Crippen LogP contribution is -2.49.